The maximum atomic E-state index is 6.18. The van der Waals surface area contributed by atoms with Crippen LogP contribution in [-0.2, 0) is 9.31 Å². The minimum atomic E-state index is -0.215. The number of aryl methyl sites for hydroxylation is 2. The van der Waals surface area contributed by atoms with Crippen LogP contribution in [0.2, 0.25) is 5.82 Å². The van der Waals surface area contributed by atoms with E-state index in [1.165, 1.54) is 23.1 Å². The van der Waals surface area contributed by atoms with Crippen molar-refractivity contribution in [2.24, 2.45) is 0 Å². The van der Waals surface area contributed by atoms with Gasteiger partial charge in [-0.15, -0.1) is 0 Å². The highest BCUT2D eigenvalue weighted by atomic mass is 16.7. The van der Waals surface area contributed by atoms with Crippen LogP contribution in [0.15, 0.2) is 18.2 Å². The molecule has 0 unspecified atom stereocenters. The van der Waals surface area contributed by atoms with Crippen LogP contribution in [0.3, 0.4) is 0 Å². The molecule has 2 nitrogen and oxygen atoms in total. The summed E-state index contributed by atoms with van der Waals surface area (Å²) in [5, 5.41) is 0. The third-order valence-electron chi connectivity index (χ3n) is 5.13. The Balaban J connectivity index is 1.74. The fraction of sp³-hybridized carbons (Fsp3) is 0.647. The van der Waals surface area contributed by atoms with Crippen molar-refractivity contribution >= 4 is 7.12 Å². The lowest BCUT2D eigenvalue weighted by Crippen LogP contribution is -2.41. The van der Waals surface area contributed by atoms with Gasteiger partial charge in [0.2, 0.25) is 0 Å². The van der Waals surface area contributed by atoms with Gasteiger partial charge in [0.25, 0.3) is 0 Å². The molecule has 1 aliphatic carbocycles. The van der Waals surface area contributed by atoms with Gasteiger partial charge >= 0.3 is 7.12 Å². The molecule has 0 aromatic heterocycles. The first-order valence-corrected chi connectivity index (χ1v) is 7.63. The molecule has 2 aliphatic rings. The van der Waals surface area contributed by atoms with Crippen LogP contribution in [0.1, 0.15) is 56.7 Å². The van der Waals surface area contributed by atoms with Crippen molar-refractivity contribution in [1.82, 2.24) is 0 Å². The molecular weight excluding hydrogens is 247 g/mol. The van der Waals surface area contributed by atoms with Crippen molar-refractivity contribution in [2.75, 3.05) is 0 Å². The molecule has 3 rings (SSSR count). The monoisotopic (exact) mass is 272 g/mol. The minimum absolute atomic E-state index is 0.0502. The van der Waals surface area contributed by atoms with Crippen molar-refractivity contribution in [1.29, 1.82) is 0 Å². The Kier molecular flexibility index (Phi) is 3.08. The molecule has 108 valence electrons. The molecule has 0 radical (unpaired) electrons. The third-order valence-corrected chi connectivity index (χ3v) is 5.13. The van der Waals surface area contributed by atoms with Crippen LogP contribution in [0.25, 0.3) is 0 Å². The van der Waals surface area contributed by atoms with Crippen molar-refractivity contribution in [2.45, 2.75) is 70.9 Å². The molecule has 1 saturated heterocycles. The maximum Gasteiger partial charge on any atom is 0.461 e. The second kappa shape index (κ2) is 4.35. The van der Waals surface area contributed by atoms with Crippen LogP contribution >= 0.6 is 0 Å². The SMILES string of the molecule is Cc1cc(C)cc([C@@H]2C[C@H]2B2OC(C)(C)C(C)(C)O2)c1. The maximum absolute atomic E-state index is 6.18. The number of rotatable bonds is 2. The molecule has 0 bridgehead atoms. The average Bonchev–Trinajstić information content (AvgIpc) is 3.01. The Morgan fingerprint density at radius 3 is 1.95 bits per heavy atom. The molecule has 3 heteroatoms. The molecule has 1 aromatic carbocycles. The van der Waals surface area contributed by atoms with E-state index in [1.54, 1.807) is 0 Å². The summed E-state index contributed by atoms with van der Waals surface area (Å²) in [5.41, 5.74) is 3.71. The second-order valence-corrected chi connectivity index (χ2v) is 7.55. The molecular formula is C17H25BO2. The van der Waals surface area contributed by atoms with Gasteiger partial charge in [0, 0.05) is 5.82 Å². The zero-order valence-electron chi connectivity index (χ0n) is 13.5. The Morgan fingerprint density at radius 1 is 0.950 bits per heavy atom. The molecule has 2 atom stereocenters. The topological polar surface area (TPSA) is 18.5 Å². The van der Waals surface area contributed by atoms with Crippen LogP contribution in [-0.4, -0.2) is 18.3 Å². The van der Waals surface area contributed by atoms with E-state index in [2.05, 4.69) is 59.7 Å². The van der Waals surface area contributed by atoms with E-state index in [0.29, 0.717) is 11.7 Å². The quantitative estimate of drug-likeness (QED) is 0.749. The molecule has 1 aromatic rings. The summed E-state index contributed by atoms with van der Waals surface area (Å²) in [5.74, 6) is 1.11. The van der Waals surface area contributed by atoms with E-state index in [9.17, 15) is 0 Å². The third kappa shape index (κ3) is 2.31. The molecule has 0 amide bonds. The highest BCUT2D eigenvalue weighted by molar-refractivity contribution is 6.49. The molecule has 2 fully saturated rings. The van der Waals surface area contributed by atoms with Crippen LogP contribution in [0.4, 0.5) is 0 Å². The summed E-state index contributed by atoms with van der Waals surface area (Å²) < 4.78 is 12.4. The lowest BCUT2D eigenvalue weighted by molar-refractivity contribution is 0.00578. The Morgan fingerprint density at radius 2 is 1.45 bits per heavy atom. The number of benzene rings is 1. The Labute approximate surface area is 123 Å². The van der Waals surface area contributed by atoms with Crippen LogP contribution < -0.4 is 0 Å². The molecule has 0 N–H and O–H groups in total. The standard InChI is InChI=1S/C17H25BO2/c1-11-7-12(2)9-13(8-11)14-10-15(14)18-19-16(3,4)17(5,6)20-18/h7-9,14-15H,10H2,1-6H3/t14-,15+/m0/s1. The first-order chi connectivity index (χ1) is 9.19. The normalized spacial score (nSPS) is 30.6. The minimum Gasteiger partial charge on any atom is -0.403 e. The van der Waals surface area contributed by atoms with E-state index < -0.39 is 0 Å². The van der Waals surface area contributed by atoms with Crippen molar-refractivity contribution < 1.29 is 9.31 Å². The zero-order valence-corrected chi connectivity index (χ0v) is 13.5. The van der Waals surface area contributed by atoms with Crippen molar-refractivity contribution in [3.8, 4) is 0 Å². The Hall–Kier alpha value is -0.795. The Bertz CT molecular complexity index is 500. The molecule has 1 heterocycles. The van der Waals surface area contributed by atoms with Gasteiger partial charge in [-0.3, -0.25) is 0 Å². The summed E-state index contributed by atoms with van der Waals surface area (Å²) >= 11 is 0. The summed E-state index contributed by atoms with van der Waals surface area (Å²) in [4.78, 5) is 0. The van der Waals surface area contributed by atoms with Gasteiger partial charge in [0.1, 0.15) is 0 Å². The first-order valence-electron chi connectivity index (χ1n) is 7.63. The van der Waals surface area contributed by atoms with Gasteiger partial charge in [-0.2, -0.15) is 0 Å². The summed E-state index contributed by atoms with van der Waals surface area (Å²) in [7, 11) is -0.0502. The van der Waals surface area contributed by atoms with Crippen LogP contribution in [0, 0.1) is 13.8 Å². The number of hydrogen-bond donors (Lipinski definition) is 0. The summed E-state index contributed by atoms with van der Waals surface area (Å²) in [6, 6.07) is 6.85. The molecule has 1 saturated carbocycles. The predicted molar refractivity (Wildman–Crippen MR) is 83.1 cm³/mol. The first kappa shape index (κ1) is 14.2. The lowest BCUT2D eigenvalue weighted by atomic mass is 9.79. The predicted octanol–water partition coefficient (Wildman–Crippen LogP) is 4.25. The van der Waals surface area contributed by atoms with Gasteiger partial charge in [-0.05, 0) is 59.4 Å². The van der Waals surface area contributed by atoms with Gasteiger partial charge in [0.15, 0.2) is 0 Å². The fourth-order valence-electron chi connectivity index (χ4n) is 3.19. The van der Waals surface area contributed by atoms with Crippen molar-refractivity contribution in [3.63, 3.8) is 0 Å². The van der Waals surface area contributed by atoms with Gasteiger partial charge in [-0.1, -0.05) is 29.3 Å². The fourth-order valence-corrected chi connectivity index (χ4v) is 3.19. The molecule has 20 heavy (non-hydrogen) atoms. The lowest BCUT2D eigenvalue weighted by Gasteiger charge is -2.32. The zero-order chi connectivity index (χ0) is 14.7. The van der Waals surface area contributed by atoms with Gasteiger partial charge in [-0.25, -0.2) is 0 Å². The second-order valence-electron chi connectivity index (χ2n) is 7.55. The highest BCUT2D eigenvalue weighted by Crippen LogP contribution is 2.58. The van der Waals surface area contributed by atoms with Crippen LogP contribution in [0.5, 0.6) is 0 Å². The number of hydrogen-bond acceptors (Lipinski definition) is 2. The van der Waals surface area contributed by atoms with E-state index in [0.717, 1.165) is 0 Å². The van der Waals surface area contributed by atoms with E-state index in [1.807, 2.05) is 0 Å². The highest BCUT2D eigenvalue weighted by Gasteiger charge is 2.59. The summed E-state index contributed by atoms with van der Waals surface area (Å²) in [6.07, 6.45) is 1.18. The van der Waals surface area contributed by atoms with E-state index >= 15 is 0 Å². The largest absolute Gasteiger partial charge is 0.461 e. The molecule has 0 spiro atoms. The van der Waals surface area contributed by atoms with E-state index in [4.69, 9.17) is 9.31 Å². The molecule has 1 aliphatic heterocycles. The van der Waals surface area contributed by atoms with Crippen molar-refractivity contribution in [3.05, 3.63) is 34.9 Å². The average molecular weight is 272 g/mol. The van der Waals surface area contributed by atoms with E-state index in [-0.39, 0.29) is 18.3 Å². The summed E-state index contributed by atoms with van der Waals surface area (Å²) in [6.45, 7) is 12.8. The van der Waals surface area contributed by atoms with Gasteiger partial charge < -0.3 is 9.31 Å². The smallest absolute Gasteiger partial charge is 0.403 e. The van der Waals surface area contributed by atoms with Gasteiger partial charge in [0.05, 0.1) is 11.2 Å².